The highest BCUT2D eigenvalue weighted by Crippen LogP contribution is 1.90. The molecule has 0 aliphatic heterocycles. The molecule has 0 spiro atoms. The van der Waals surface area contributed by atoms with Gasteiger partial charge in [0, 0.05) is 13.2 Å². The van der Waals surface area contributed by atoms with E-state index in [-0.39, 0.29) is 24.7 Å². The van der Waals surface area contributed by atoms with Crippen molar-refractivity contribution in [2.45, 2.75) is 20.8 Å². The first-order valence-corrected chi connectivity index (χ1v) is 7.44. The van der Waals surface area contributed by atoms with E-state index in [0.29, 0.717) is 5.92 Å². The lowest BCUT2D eigenvalue weighted by molar-refractivity contribution is -0.134. The normalized spacial score (nSPS) is 8.38. The summed E-state index contributed by atoms with van der Waals surface area (Å²) in [5.74, 6) is -1.25. The van der Waals surface area contributed by atoms with Gasteiger partial charge in [-0.3, -0.25) is 9.59 Å². The molecular weight excluding hydrogens is 320 g/mol. The lowest BCUT2D eigenvalue weighted by Crippen LogP contribution is -2.00. The molecule has 4 N–H and O–H groups in total. The second-order valence-electron chi connectivity index (χ2n) is 3.60. The fourth-order valence-electron chi connectivity index (χ4n) is 0.354. The first kappa shape index (κ1) is 28.6. The van der Waals surface area contributed by atoms with Crippen LogP contribution in [0.2, 0.25) is 0 Å². The average molecular weight is 348 g/mol. The number of hydrogen-bond acceptors (Lipinski definition) is 7. The molecule has 21 heavy (non-hydrogen) atoms. The molecule has 0 saturated carbocycles. The highest BCUT2D eigenvalue weighted by atomic mass is 32.1. The Kier molecular flexibility index (Phi) is 37.9. The minimum Gasteiger partial charge on any atom is -0.481 e. The fourth-order valence-corrected chi connectivity index (χ4v) is 0.354. The molecule has 130 valence electrons. The largest absolute Gasteiger partial charge is 0.481 e. The smallest absolute Gasteiger partial charge is 0.313 e. The van der Waals surface area contributed by atoms with Crippen molar-refractivity contribution in [1.82, 2.24) is 0 Å². The maximum Gasteiger partial charge on any atom is 0.313 e. The zero-order valence-corrected chi connectivity index (χ0v) is 14.5. The third-order valence-electron chi connectivity index (χ3n) is 1.03. The van der Waals surface area contributed by atoms with Crippen LogP contribution >= 0.6 is 25.3 Å². The lowest BCUT2D eigenvalue weighted by atomic mass is 10.2. The number of aliphatic carboxylic acids is 2. The van der Waals surface area contributed by atoms with Gasteiger partial charge in [-0.15, -0.1) is 0 Å². The molecule has 0 amide bonds. The Bertz CT molecular complexity index is 198. The van der Waals surface area contributed by atoms with Crippen molar-refractivity contribution in [3.63, 3.8) is 0 Å². The summed E-state index contributed by atoms with van der Waals surface area (Å²) in [7, 11) is 0. The number of carboxylic acid groups (broad SMARTS) is 2. The fraction of sp³-hybridized carbons (Fsp3) is 0.833. The first-order valence-electron chi connectivity index (χ1n) is 6.17. The van der Waals surface area contributed by atoms with Crippen molar-refractivity contribution in [3.8, 4) is 0 Å². The van der Waals surface area contributed by atoms with Crippen LogP contribution in [0.4, 0.5) is 0 Å². The summed E-state index contributed by atoms with van der Waals surface area (Å²) in [5.41, 5.74) is 0. The minimum atomic E-state index is -0.881. The van der Waals surface area contributed by atoms with Crippen molar-refractivity contribution in [3.05, 3.63) is 0 Å². The van der Waals surface area contributed by atoms with Crippen molar-refractivity contribution in [1.29, 1.82) is 0 Å². The van der Waals surface area contributed by atoms with Crippen LogP contribution in [0.1, 0.15) is 20.8 Å². The van der Waals surface area contributed by atoms with E-state index in [4.69, 9.17) is 25.2 Å². The molecule has 0 aromatic carbocycles. The Morgan fingerprint density at radius 3 is 1.33 bits per heavy atom. The van der Waals surface area contributed by atoms with Gasteiger partial charge in [-0.1, -0.05) is 13.8 Å². The average Bonchev–Trinajstić information content (AvgIpc) is 2.46. The van der Waals surface area contributed by atoms with E-state index in [1.807, 2.05) is 6.92 Å². The van der Waals surface area contributed by atoms with Gasteiger partial charge in [0.25, 0.3) is 0 Å². The molecule has 7 nitrogen and oxygen atoms in total. The van der Waals surface area contributed by atoms with E-state index in [2.05, 4.69) is 39.1 Å². The molecule has 0 saturated heterocycles. The zero-order chi connectivity index (χ0) is 17.7. The molecule has 0 aliphatic carbocycles. The highest BCUT2D eigenvalue weighted by Gasteiger charge is 1.88. The van der Waals surface area contributed by atoms with Gasteiger partial charge in [0.15, 0.2) is 0 Å². The Hall–Kier alpha value is -0.480. The SMILES string of the molecule is CCOCC(C)C.O=C(O)CS.O=C(O)CS.OCCO. The van der Waals surface area contributed by atoms with Gasteiger partial charge in [-0.2, -0.15) is 25.3 Å². The summed E-state index contributed by atoms with van der Waals surface area (Å²) < 4.78 is 5.09. The van der Waals surface area contributed by atoms with Crippen LogP contribution in [-0.4, -0.2) is 70.3 Å². The zero-order valence-electron chi connectivity index (χ0n) is 12.7. The van der Waals surface area contributed by atoms with Crippen molar-refractivity contribution >= 4 is 37.2 Å². The van der Waals surface area contributed by atoms with Gasteiger partial charge < -0.3 is 25.2 Å². The third-order valence-corrected chi connectivity index (χ3v) is 1.57. The first-order chi connectivity index (χ1) is 9.72. The van der Waals surface area contributed by atoms with Crippen LogP contribution in [0.15, 0.2) is 0 Å². The van der Waals surface area contributed by atoms with Gasteiger partial charge in [0.1, 0.15) is 0 Å². The van der Waals surface area contributed by atoms with Crippen molar-refractivity contribution in [2.24, 2.45) is 5.92 Å². The monoisotopic (exact) mass is 348 g/mol. The number of ether oxygens (including phenoxy) is 1. The number of hydrogen-bond donors (Lipinski definition) is 6. The maximum absolute atomic E-state index is 9.29. The molecule has 0 aromatic heterocycles. The topological polar surface area (TPSA) is 124 Å². The van der Waals surface area contributed by atoms with Crippen LogP contribution in [0, 0.1) is 5.92 Å². The number of thiol groups is 2. The third kappa shape index (κ3) is 82.5. The summed E-state index contributed by atoms with van der Waals surface area (Å²) in [6.45, 7) is 7.81. The summed E-state index contributed by atoms with van der Waals surface area (Å²) in [5, 5.41) is 30.5. The predicted molar refractivity (Wildman–Crippen MR) is 88.5 cm³/mol. The molecule has 0 heterocycles. The molecule has 0 atom stereocenters. The number of rotatable bonds is 6. The molecule has 0 radical (unpaired) electrons. The predicted octanol–water partition coefficient (Wildman–Crippen LogP) is 0.651. The molecule has 0 unspecified atom stereocenters. The highest BCUT2D eigenvalue weighted by molar-refractivity contribution is 7.81. The Morgan fingerprint density at radius 2 is 1.29 bits per heavy atom. The van der Waals surface area contributed by atoms with E-state index < -0.39 is 11.9 Å². The number of carboxylic acids is 2. The number of aliphatic hydroxyl groups excluding tert-OH is 2. The lowest BCUT2D eigenvalue weighted by Gasteiger charge is -2.01. The molecule has 0 aliphatic rings. The standard InChI is InChI=1S/C6H14O.2C2H4O2S.C2H6O2/c1-4-7-5-6(2)3;2*3-2(4)1-5;3-1-2-4/h6H,4-5H2,1-3H3;2*5H,1H2,(H,3,4);3-4H,1-2H2. The van der Waals surface area contributed by atoms with Gasteiger partial charge >= 0.3 is 11.9 Å². The van der Waals surface area contributed by atoms with E-state index in [1.54, 1.807) is 0 Å². The van der Waals surface area contributed by atoms with Gasteiger partial charge in [-0.05, 0) is 12.8 Å². The van der Waals surface area contributed by atoms with Crippen molar-refractivity contribution < 1.29 is 34.8 Å². The maximum atomic E-state index is 9.29. The summed E-state index contributed by atoms with van der Waals surface area (Å²) in [4.78, 5) is 18.6. The molecule has 0 aromatic rings. The van der Waals surface area contributed by atoms with Crippen LogP contribution in [-0.2, 0) is 14.3 Å². The van der Waals surface area contributed by atoms with E-state index >= 15 is 0 Å². The number of aliphatic hydroxyl groups is 2. The van der Waals surface area contributed by atoms with Crippen LogP contribution in [0.25, 0.3) is 0 Å². The molecule has 0 rings (SSSR count). The quantitative estimate of drug-likeness (QED) is 0.389. The summed E-state index contributed by atoms with van der Waals surface area (Å²) >= 11 is 6.83. The van der Waals surface area contributed by atoms with Crippen molar-refractivity contribution in [2.75, 3.05) is 37.9 Å². The molecular formula is C12H28O7S2. The summed E-state index contributed by atoms with van der Waals surface area (Å²) in [6, 6.07) is 0. The van der Waals surface area contributed by atoms with E-state index in [9.17, 15) is 9.59 Å². The Labute approximate surface area is 137 Å². The second kappa shape index (κ2) is 27.8. The van der Waals surface area contributed by atoms with E-state index in [0.717, 1.165) is 13.2 Å². The van der Waals surface area contributed by atoms with Gasteiger partial charge in [0.2, 0.25) is 0 Å². The van der Waals surface area contributed by atoms with Gasteiger partial charge in [0.05, 0.1) is 24.7 Å². The Balaban J connectivity index is -0.0000000939. The number of carbonyl (C=O) groups is 2. The van der Waals surface area contributed by atoms with Crippen LogP contribution in [0.3, 0.4) is 0 Å². The van der Waals surface area contributed by atoms with Crippen LogP contribution in [0.5, 0.6) is 0 Å². The molecule has 9 heteroatoms. The van der Waals surface area contributed by atoms with Crippen LogP contribution < -0.4 is 0 Å². The second-order valence-corrected chi connectivity index (χ2v) is 4.24. The minimum absolute atomic E-state index is 0.0833. The van der Waals surface area contributed by atoms with E-state index in [1.165, 1.54) is 0 Å². The molecule has 0 fully saturated rings. The van der Waals surface area contributed by atoms with Gasteiger partial charge in [-0.25, -0.2) is 0 Å². The Morgan fingerprint density at radius 1 is 1.00 bits per heavy atom. The summed E-state index contributed by atoms with van der Waals surface area (Å²) in [6.07, 6.45) is 0. The molecule has 0 bridgehead atoms.